The first-order valence-electron chi connectivity index (χ1n) is 7.61. The number of methoxy groups -OCH3 is 1. The lowest BCUT2D eigenvalue weighted by Crippen LogP contribution is -2.18. The second-order valence-electron chi connectivity index (χ2n) is 5.17. The Bertz CT molecular complexity index is 536. The summed E-state index contributed by atoms with van der Waals surface area (Å²) >= 11 is 0. The molecule has 1 N–H and O–H groups in total. The van der Waals surface area contributed by atoms with Crippen molar-refractivity contribution in [1.29, 1.82) is 0 Å². The molecule has 0 aliphatic heterocycles. The number of aromatic nitrogens is 2. The second-order valence-corrected chi connectivity index (χ2v) is 5.17. The maximum absolute atomic E-state index is 5.44. The van der Waals surface area contributed by atoms with Crippen molar-refractivity contribution >= 4 is 0 Å². The fourth-order valence-corrected chi connectivity index (χ4v) is 2.66. The molecule has 0 saturated heterocycles. The van der Waals surface area contributed by atoms with Crippen LogP contribution in [0.25, 0.3) is 0 Å². The molecule has 0 fully saturated rings. The summed E-state index contributed by atoms with van der Waals surface area (Å²) in [6, 6.07) is 10.9. The Balaban J connectivity index is 2.09. The Morgan fingerprint density at radius 1 is 1.29 bits per heavy atom. The van der Waals surface area contributed by atoms with Gasteiger partial charge in [-0.3, -0.25) is 4.68 Å². The van der Waals surface area contributed by atoms with Crippen molar-refractivity contribution in [1.82, 2.24) is 15.1 Å². The molecule has 1 unspecified atom stereocenters. The van der Waals surface area contributed by atoms with Crippen LogP contribution in [-0.4, -0.2) is 23.9 Å². The highest BCUT2D eigenvalue weighted by molar-refractivity contribution is 5.26. The minimum atomic E-state index is 0.348. The van der Waals surface area contributed by atoms with Gasteiger partial charge >= 0.3 is 0 Å². The molecule has 0 bridgehead atoms. The lowest BCUT2D eigenvalue weighted by molar-refractivity contribution is 0.403. The molecular weight excluding hydrogens is 262 g/mol. The van der Waals surface area contributed by atoms with Gasteiger partial charge in [0.15, 0.2) is 5.75 Å². The van der Waals surface area contributed by atoms with Crippen LogP contribution in [0.15, 0.2) is 36.5 Å². The number of nitrogens with zero attached hydrogens (tertiary/aromatic N) is 2. The van der Waals surface area contributed by atoms with Gasteiger partial charge in [-0.05, 0) is 31.9 Å². The summed E-state index contributed by atoms with van der Waals surface area (Å²) in [6.45, 7) is 3.10. The van der Waals surface area contributed by atoms with Crippen LogP contribution in [0.3, 0.4) is 0 Å². The zero-order valence-electron chi connectivity index (χ0n) is 13.2. The van der Waals surface area contributed by atoms with Gasteiger partial charge in [0.2, 0.25) is 0 Å². The van der Waals surface area contributed by atoms with Crippen LogP contribution in [0, 0.1) is 0 Å². The summed E-state index contributed by atoms with van der Waals surface area (Å²) in [5, 5.41) is 7.82. The Kier molecular flexibility index (Phi) is 5.81. The van der Waals surface area contributed by atoms with Gasteiger partial charge in [-0.15, -0.1) is 0 Å². The van der Waals surface area contributed by atoms with E-state index in [4.69, 9.17) is 4.74 Å². The molecule has 0 aliphatic rings. The summed E-state index contributed by atoms with van der Waals surface area (Å²) in [5.74, 6) is 0.895. The molecule has 0 amide bonds. The number of aryl methyl sites for hydroxylation is 1. The highest BCUT2D eigenvalue weighted by Crippen LogP contribution is 2.24. The van der Waals surface area contributed by atoms with Crippen LogP contribution >= 0.6 is 0 Å². The van der Waals surface area contributed by atoms with Crippen molar-refractivity contribution in [2.24, 2.45) is 0 Å². The highest BCUT2D eigenvalue weighted by Gasteiger charge is 2.14. The molecule has 4 nitrogen and oxygen atoms in total. The van der Waals surface area contributed by atoms with Crippen molar-refractivity contribution < 1.29 is 4.74 Å². The van der Waals surface area contributed by atoms with E-state index in [1.807, 2.05) is 13.2 Å². The van der Waals surface area contributed by atoms with E-state index in [9.17, 15) is 0 Å². The molecule has 0 spiro atoms. The second kappa shape index (κ2) is 7.84. The van der Waals surface area contributed by atoms with Gasteiger partial charge < -0.3 is 10.1 Å². The van der Waals surface area contributed by atoms with E-state index in [0.29, 0.717) is 6.04 Å². The molecule has 4 heteroatoms. The third kappa shape index (κ3) is 3.85. The van der Waals surface area contributed by atoms with Gasteiger partial charge in [0.05, 0.1) is 19.0 Å². The van der Waals surface area contributed by atoms with Crippen molar-refractivity contribution in [3.63, 3.8) is 0 Å². The standard InChI is InChI=1S/C17H25N3O/c1-4-12-20-16(17(21-3)13-19-20)11-10-15(18-2)14-8-6-5-7-9-14/h5-9,13,15,18H,4,10-12H2,1-3H3. The topological polar surface area (TPSA) is 39.1 Å². The third-order valence-electron chi connectivity index (χ3n) is 3.79. The molecule has 2 aromatic rings. The molecule has 114 valence electrons. The van der Waals surface area contributed by atoms with E-state index in [2.05, 4.69) is 52.4 Å². The first-order valence-corrected chi connectivity index (χ1v) is 7.61. The highest BCUT2D eigenvalue weighted by atomic mass is 16.5. The SMILES string of the molecule is CCCn1ncc(OC)c1CCC(NC)c1ccccc1. The summed E-state index contributed by atoms with van der Waals surface area (Å²) in [5.41, 5.74) is 2.51. The summed E-state index contributed by atoms with van der Waals surface area (Å²) in [4.78, 5) is 0. The molecule has 1 aromatic carbocycles. The average Bonchev–Trinajstić information content (AvgIpc) is 2.91. The molecule has 0 aliphatic carbocycles. The Hall–Kier alpha value is -1.81. The first kappa shape index (κ1) is 15.6. The van der Waals surface area contributed by atoms with Gasteiger partial charge in [0.25, 0.3) is 0 Å². The van der Waals surface area contributed by atoms with E-state index >= 15 is 0 Å². The molecular formula is C17H25N3O. The zero-order valence-corrected chi connectivity index (χ0v) is 13.2. The molecule has 2 rings (SSSR count). The smallest absolute Gasteiger partial charge is 0.159 e. The quantitative estimate of drug-likeness (QED) is 0.810. The lowest BCUT2D eigenvalue weighted by atomic mass is 10.0. The minimum absolute atomic E-state index is 0.348. The summed E-state index contributed by atoms with van der Waals surface area (Å²) < 4.78 is 7.51. The van der Waals surface area contributed by atoms with Crippen LogP contribution in [0.5, 0.6) is 5.75 Å². The van der Waals surface area contributed by atoms with Crippen molar-refractivity contribution in [3.8, 4) is 5.75 Å². The monoisotopic (exact) mass is 287 g/mol. The number of hydrogen-bond acceptors (Lipinski definition) is 3. The van der Waals surface area contributed by atoms with Crippen molar-refractivity contribution in [3.05, 3.63) is 47.8 Å². The molecule has 0 saturated carbocycles. The Morgan fingerprint density at radius 3 is 2.67 bits per heavy atom. The predicted octanol–water partition coefficient (Wildman–Crippen LogP) is 3.20. The van der Waals surface area contributed by atoms with Gasteiger partial charge in [0.1, 0.15) is 0 Å². The molecule has 1 heterocycles. The molecule has 21 heavy (non-hydrogen) atoms. The van der Waals surface area contributed by atoms with Gasteiger partial charge in [0, 0.05) is 12.6 Å². The van der Waals surface area contributed by atoms with E-state index in [1.165, 1.54) is 11.3 Å². The minimum Gasteiger partial charge on any atom is -0.493 e. The Labute approximate surface area is 127 Å². The normalized spacial score (nSPS) is 12.3. The predicted molar refractivity (Wildman–Crippen MR) is 85.6 cm³/mol. The van der Waals surface area contributed by atoms with Crippen LogP contribution in [0.1, 0.15) is 37.1 Å². The number of benzene rings is 1. The fourth-order valence-electron chi connectivity index (χ4n) is 2.66. The van der Waals surface area contributed by atoms with Crippen molar-refractivity contribution in [2.75, 3.05) is 14.2 Å². The van der Waals surface area contributed by atoms with Crippen LogP contribution in [-0.2, 0) is 13.0 Å². The summed E-state index contributed by atoms with van der Waals surface area (Å²) in [7, 11) is 3.72. The lowest BCUT2D eigenvalue weighted by Gasteiger charge is -2.17. The van der Waals surface area contributed by atoms with Gasteiger partial charge in [-0.2, -0.15) is 5.10 Å². The number of rotatable bonds is 8. The zero-order chi connectivity index (χ0) is 15.1. The van der Waals surface area contributed by atoms with E-state index in [-0.39, 0.29) is 0 Å². The molecule has 0 radical (unpaired) electrons. The van der Waals surface area contributed by atoms with E-state index in [1.54, 1.807) is 7.11 Å². The molecule has 1 atom stereocenters. The van der Waals surface area contributed by atoms with E-state index in [0.717, 1.165) is 31.6 Å². The van der Waals surface area contributed by atoms with Crippen LogP contribution < -0.4 is 10.1 Å². The molecule has 1 aromatic heterocycles. The fraction of sp³-hybridized carbons (Fsp3) is 0.471. The van der Waals surface area contributed by atoms with Crippen LogP contribution in [0.2, 0.25) is 0 Å². The number of nitrogens with one attached hydrogen (secondary N) is 1. The number of hydrogen-bond donors (Lipinski definition) is 1. The summed E-state index contributed by atoms with van der Waals surface area (Å²) in [6.07, 6.45) is 4.86. The average molecular weight is 287 g/mol. The van der Waals surface area contributed by atoms with E-state index < -0.39 is 0 Å². The van der Waals surface area contributed by atoms with Gasteiger partial charge in [-0.25, -0.2) is 0 Å². The van der Waals surface area contributed by atoms with Crippen molar-refractivity contribution in [2.45, 2.75) is 38.8 Å². The first-order chi connectivity index (χ1) is 10.3. The maximum atomic E-state index is 5.44. The van der Waals surface area contributed by atoms with Gasteiger partial charge in [-0.1, -0.05) is 37.3 Å². The maximum Gasteiger partial charge on any atom is 0.159 e. The van der Waals surface area contributed by atoms with Crippen LogP contribution in [0.4, 0.5) is 0 Å². The largest absolute Gasteiger partial charge is 0.493 e. The third-order valence-corrected chi connectivity index (χ3v) is 3.79. The number of ether oxygens (including phenoxy) is 1. The Morgan fingerprint density at radius 2 is 2.05 bits per heavy atom.